The zero-order valence-corrected chi connectivity index (χ0v) is 8.70. The quantitative estimate of drug-likeness (QED) is 0.720. The monoisotopic (exact) mass is 188 g/mol. The van der Waals surface area contributed by atoms with Crippen molar-refractivity contribution in [3.05, 3.63) is 0 Å². The van der Waals surface area contributed by atoms with Crippen molar-refractivity contribution >= 4 is 16.9 Å². The van der Waals surface area contributed by atoms with Gasteiger partial charge in [0.1, 0.15) is 0 Å². The molecule has 0 amide bonds. The minimum atomic E-state index is -0.00900. The van der Waals surface area contributed by atoms with Gasteiger partial charge in [-0.1, -0.05) is 11.8 Å². The topological polar surface area (TPSA) is 33.6 Å². The molecule has 0 fully saturated rings. The number of hydrogen-bond acceptors (Lipinski definition) is 4. The first-order chi connectivity index (χ1) is 5.64. The maximum Gasteiger partial charge on any atom is 0.157 e. The molecule has 3 nitrogen and oxygen atoms in total. The molecule has 0 unspecified atom stereocenters. The predicted octanol–water partition coefficient (Wildman–Crippen LogP) is 1.10. The predicted molar refractivity (Wildman–Crippen MR) is 53.9 cm³/mol. The molecule has 0 spiro atoms. The summed E-state index contributed by atoms with van der Waals surface area (Å²) < 4.78 is 5.09. The second-order valence-electron chi connectivity index (χ2n) is 3.48. The fraction of sp³-hybridized carbons (Fsp3) is 0.875. The lowest BCUT2D eigenvalue weighted by Crippen LogP contribution is -2.45. The lowest BCUT2D eigenvalue weighted by molar-refractivity contribution is 0.140. The molecule has 4 heteroatoms. The highest BCUT2D eigenvalue weighted by molar-refractivity contribution is 8.14. The van der Waals surface area contributed by atoms with Crippen LogP contribution >= 0.6 is 11.8 Å². The number of nitrogens with zero attached hydrogens (tertiary/aromatic N) is 1. The largest absolute Gasteiger partial charge is 0.382 e. The number of nitrogens with one attached hydrogen (secondary N) is 1. The Morgan fingerprint density at radius 1 is 1.67 bits per heavy atom. The van der Waals surface area contributed by atoms with Crippen LogP contribution in [0.4, 0.5) is 0 Å². The summed E-state index contributed by atoms with van der Waals surface area (Å²) in [6, 6.07) is 0. The van der Waals surface area contributed by atoms with Crippen LogP contribution in [-0.2, 0) is 4.74 Å². The van der Waals surface area contributed by atoms with Crippen LogP contribution in [-0.4, -0.2) is 36.7 Å². The molecule has 70 valence electrons. The summed E-state index contributed by atoms with van der Waals surface area (Å²) in [6.45, 7) is 5.86. The van der Waals surface area contributed by atoms with Crippen molar-refractivity contribution in [1.29, 1.82) is 0 Å². The highest BCUT2D eigenvalue weighted by Crippen LogP contribution is 2.13. The number of hydrogen-bond donors (Lipinski definition) is 1. The van der Waals surface area contributed by atoms with Crippen molar-refractivity contribution in [1.82, 2.24) is 5.32 Å². The van der Waals surface area contributed by atoms with E-state index in [2.05, 4.69) is 24.2 Å². The molecular weight excluding hydrogens is 172 g/mol. The highest BCUT2D eigenvalue weighted by Gasteiger charge is 2.20. The summed E-state index contributed by atoms with van der Waals surface area (Å²) >= 11 is 1.78. The standard InChI is InChI=1S/C8H16N2OS/c1-8(2,6-11-3)10-7-9-4-5-12-7/h4-6H2,1-3H3,(H,9,10). The maximum absolute atomic E-state index is 5.09. The van der Waals surface area contributed by atoms with Gasteiger partial charge in [-0.25, -0.2) is 0 Å². The van der Waals surface area contributed by atoms with Crippen LogP contribution in [0.5, 0.6) is 0 Å². The maximum atomic E-state index is 5.09. The summed E-state index contributed by atoms with van der Waals surface area (Å²) in [6.07, 6.45) is 0. The lowest BCUT2D eigenvalue weighted by atomic mass is 10.1. The fourth-order valence-electron chi connectivity index (χ4n) is 1.10. The van der Waals surface area contributed by atoms with Crippen molar-refractivity contribution in [2.24, 2.45) is 4.99 Å². The molecule has 1 N–H and O–H groups in total. The van der Waals surface area contributed by atoms with Gasteiger partial charge in [-0.3, -0.25) is 4.99 Å². The minimum absolute atomic E-state index is 0.00900. The first-order valence-electron chi connectivity index (χ1n) is 4.08. The fourth-order valence-corrected chi connectivity index (χ4v) is 2.00. The van der Waals surface area contributed by atoms with E-state index in [1.165, 1.54) is 0 Å². The highest BCUT2D eigenvalue weighted by atomic mass is 32.2. The molecule has 1 aliphatic heterocycles. The summed E-state index contributed by atoms with van der Waals surface area (Å²) in [7, 11) is 1.72. The van der Waals surface area contributed by atoms with Gasteiger partial charge in [0.2, 0.25) is 0 Å². The van der Waals surface area contributed by atoms with Crippen LogP contribution in [0.25, 0.3) is 0 Å². The van der Waals surface area contributed by atoms with Crippen LogP contribution in [0.2, 0.25) is 0 Å². The molecule has 1 rings (SSSR count). The van der Waals surface area contributed by atoms with Gasteiger partial charge in [-0.05, 0) is 13.8 Å². The first kappa shape index (κ1) is 9.86. The molecule has 0 aromatic rings. The molecule has 0 aliphatic carbocycles. The zero-order valence-electron chi connectivity index (χ0n) is 7.89. The van der Waals surface area contributed by atoms with Crippen LogP contribution < -0.4 is 5.32 Å². The van der Waals surface area contributed by atoms with Gasteiger partial charge in [0.25, 0.3) is 0 Å². The summed E-state index contributed by atoms with van der Waals surface area (Å²) in [5.41, 5.74) is -0.00900. The molecule has 1 aliphatic rings. The molecule has 0 saturated heterocycles. The van der Waals surface area contributed by atoms with E-state index in [0.717, 1.165) is 17.5 Å². The summed E-state index contributed by atoms with van der Waals surface area (Å²) in [4.78, 5) is 4.32. The van der Waals surface area contributed by atoms with E-state index in [0.29, 0.717) is 6.61 Å². The van der Waals surface area contributed by atoms with E-state index in [1.54, 1.807) is 18.9 Å². The normalized spacial score (nSPS) is 17.8. The van der Waals surface area contributed by atoms with E-state index in [9.17, 15) is 0 Å². The van der Waals surface area contributed by atoms with E-state index < -0.39 is 0 Å². The van der Waals surface area contributed by atoms with Crippen LogP contribution in [0, 0.1) is 0 Å². The molecule has 12 heavy (non-hydrogen) atoms. The Labute approximate surface area is 78.0 Å². The molecule has 0 radical (unpaired) electrons. The average molecular weight is 188 g/mol. The van der Waals surface area contributed by atoms with Crippen LogP contribution in [0.1, 0.15) is 13.8 Å². The van der Waals surface area contributed by atoms with Gasteiger partial charge in [0.15, 0.2) is 5.17 Å². The molecule has 0 aromatic heterocycles. The number of methoxy groups -OCH3 is 1. The Balaban J connectivity index is 2.37. The first-order valence-corrected chi connectivity index (χ1v) is 5.07. The SMILES string of the molecule is COCC(C)(C)NC1=NCCS1. The van der Waals surface area contributed by atoms with Gasteiger partial charge < -0.3 is 10.1 Å². The number of rotatable bonds is 3. The Morgan fingerprint density at radius 3 is 2.92 bits per heavy atom. The molecular formula is C8H16N2OS. The van der Waals surface area contributed by atoms with E-state index >= 15 is 0 Å². The summed E-state index contributed by atoms with van der Waals surface area (Å²) in [5.74, 6) is 1.10. The Hall–Kier alpha value is -0.220. The van der Waals surface area contributed by atoms with Gasteiger partial charge in [-0.2, -0.15) is 0 Å². The van der Waals surface area contributed by atoms with Gasteiger partial charge in [0.05, 0.1) is 18.7 Å². The van der Waals surface area contributed by atoms with E-state index in [1.807, 2.05) is 0 Å². The van der Waals surface area contributed by atoms with E-state index in [4.69, 9.17) is 4.74 Å². The number of amidine groups is 1. The molecule has 0 bridgehead atoms. The second kappa shape index (κ2) is 4.14. The Kier molecular flexibility index (Phi) is 3.40. The zero-order chi connectivity index (χ0) is 9.03. The Bertz CT molecular complexity index is 180. The second-order valence-corrected chi connectivity index (χ2v) is 4.56. The van der Waals surface area contributed by atoms with Crippen molar-refractivity contribution in [2.75, 3.05) is 26.0 Å². The van der Waals surface area contributed by atoms with Crippen LogP contribution in [0.3, 0.4) is 0 Å². The third-order valence-electron chi connectivity index (χ3n) is 1.54. The van der Waals surface area contributed by atoms with Crippen molar-refractivity contribution in [3.8, 4) is 0 Å². The summed E-state index contributed by atoms with van der Waals surface area (Å²) in [5, 5.41) is 4.40. The smallest absolute Gasteiger partial charge is 0.157 e. The van der Waals surface area contributed by atoms with Crippen LogP contribution in [0.15, 0.2) is 4.99 Å². The Morgan fingerprint density at radius 2 is 2.42 bits per heavy atom. The number of thioether (sulfide) groups is 1. The van der Waals surface area contributed by atoms with E-state index in [-0.39, 0.29) is 5.54 Å². The van der Waals surface area contributed by atoms with Crippen molar-refractivity contribution in [3.63, 3.8) is 0 Å². The van der Waals surface area contributed by atoms with Crippen molar-refractivity contribution in [2.45, 2.75) is 19.4 Å². The van der Waals surface area contributed by atoms with Gasteiger partial charge >= 0.3 is 0 Å². The van der Waals surface area contributed by atoms with Gasteiger partial charge in [-0.15, -0.1) is 0 Å². The third-order valence-corrected chi connectivity index (χ3v) is 2.43. The van der Waals surface area contributed by atoms with Gasteiger partial charge in [0, 0.05) is 12.9 Å². The van der Waals surface area contributed by atoms with Crippen molar-refractivity contribution < 1.29 is 4.74 Å². The lowest BCUT2D eigenvalue weighted by Gasteiger charge is -2.25. The molecule has 0 atom stereocenters. The molecule has 1 heterocycles. The minimum Gasteiger partial charge on any atom is -0.382 e. The number of ether oxygens (including phenoxy) is 1. The third kappa shape index (κ3) is 3.03. The molecule has 0 aromatic carbocycles. The molecule has 0 saturated carbocycles. The average Bonchev–Trinajstić information content (AvgIpc) is 2.38. The number of aliphatic imine (C=N–C) groups is 1.